The van der Waals surface area contributed by atoms with Gasteiger partial charge in [0.1, 0.15) is 6.10 Å². The van der Waals surface area contributed by atoms with E-state index in [1.54, 1.807) is 6.92 Å². The lowest BCUT2D eigenvalue weighted by atomic mass is 9.92. The van der Waals surface area contributed by atoms with Crippen molar-refractivity contribution < 1.29 is 14.6 Å². The molecule has 0 aliphatic rings. The third-order valence-corrected chi connectivity index (χ3v) is 5.03. The number of esters is 1. The molecule has 0 heterocycles. The van der Waals surface area contributed by atoms with Crippen LogP contribution < -0.4 is 0 Å². The fourth-order valence-corrected chi connectivity index (χ4v) is 3.45. The molecule has 0 bridgehead atoms. The predicted octanol–water partition coefficient (Wildman–Crippen LogP) is 4.60. The van der Waals surface area contributed by atoms with Gasteiger partial charge >= 0.3 is 5.97 Å². The van der Waals surface area contributed by atoms with Crippen molar-refractivity contribution >= 4 is 5.97 Å². The molecule has 0 amide bonds. The molecule has 24 heavy (non-hydrogen) atoms. The molecule has 0 radical (unpaired) electrons. The standard InChI is InChI=1S/C20H41NO3/c1-8-9-10-11-12-13-14-15-17(4)19(23)24-20(16(2)3,18(5)22)21(6)7/h16-18,22H,8-15H2,1-7H3. The quantitative estimate of drug-likeness (QED) is 0.302. The Hall–Kier alpha value is -0.610. The Labute approximate surface area is 150 Å². The molecule has 0 saturated heterocycles. The van der Waals surface area contributed by atoms with Gasteiger partial charge in [0.25, 0.3) is 0 Å². The van der Waals surface area contributed by atoms with Crippen LogP contribution in [0.3, 0.4) is 0 Å². The normalized spacial score (nSPS) is 16.9. The van der Waals surface area contributed by atoms with Crippen molar-refractivity contribution in [2.75, 3.05) is 14.1 Å². The fourth-order valence-electron chi connectivity index (χ4n) is 3.45. The highest BCUT2D eigenvalue weighted by molar-refractivity contribution is 5.72. The summed E-state index contributed by atoms with van der Waals surface area (Å²) < 4.78 is 5.83. The summed E-state index contributed by atoms with van der Waals surface area (Å²) in [5, 5.41) is 10.2. The van der Waals surface area contributed by atoms with E-state index in [1.165, 1.54) is 38.5 Å². The molecular weight excluding hydrogens is 302 g/mol. The molecule has 0 aromatic carbocycles. The molecule has 0 rings (SSSR count). The average molecular weight is 344 g/mol. The summed E-state index contributed by atoms with van der Waals surface area (Å²) in [6.07, 6.45) is 8.82. The van der Waals surface area contributed by atoms with E-state index in [1.807, 2.05) is 39.8 Å². The summed E-state index contributed by atoms with van der Waals surface area (Å²) >= 11 is 0. The summed E-state index contributed by atoms with van der Waals surface area (Å²) in [6, 6.07) is 0. The van der Waals surface area contributed by atoms with Gasteiger partial charge in [-0.15, -0.1) is 0 Å². The minimum atomic E-state index is -0.967. The van der Waals surface area contributed by atoms with Gasteiger partial charge in [0.05, 0.1) is 5.92 Å². The molecule has 1 N–H and O–H groups in total. The maximum Gasteiger partial charge on any atom is 0.310 e. The van der Waals surface area contributed by atoms with Crippen LogP contribution in [0.4, 0.5) is 0 Å². The van der Waals surface area contributed by atoms with Crippen LogP contribution >= 0.6 is 0 Å². The highest BCUT2D eigenvalue weighted by Gasteiger charge is 2.45. The maximum absolute atomic E-state index is 12.5. The van der Waals surface area contributed by atoms with Gasteiger partial charge in [0.2, 0.25) is 0 Å². The lowest BCUT2D eigenvalue weighted by molar-refractivity contribution is -0.224. The monoisotopic (exact) mass is 343 g/mol. The van der Waals surface area contributed by atoms with Crippen LogP contribution in [-0.4, -0.2) is 41.9 Å². The smallest absolute Gasteiger partial charge is 0.310 e. The number of carbonyl (C=O) groups is 1. The highest BCUT2D eigenvalue weighted by Crippen LogP contribution is 2.30. The largest absolute Gasteiger partial charge is 0.440 e. The van der Waals surface area contributed by atoms with Gasteiger partial charge in [0, 0.05) is 5.92 Å². The van der Waals surface area contributed by atoms with Crippen LogP contribution in [0, 0.1) is 11.8 Å². The Balaban J connectivity index is 4.41. The van der Waals surface area contributed by atoms with Crippen LogP contribution in [-0.2, 0) is 9.53 Å². The third-order valence-electron chi connectivity index (χ3n) is 5.03. The number of ether oxygens (including phenoxy) is 1. The number of aliphatic hydroxyl groups is 1. The maximum atomic E-state index is 12.5. The second-order valence-corrected chi connectivity index (χ2v) is 7.71. The van der Waals surface area contributed by atoms with E-state index >= 15 is 0 Å². The molecule has 0 aliphatic heterocycles. The number of hydrogen-bond acceptors (Lipinski definition) is 4. The molecule has 0 fully saturated rings. The topological polar surface area (TPSA) is 49.8 Å². The molecule has 3 atom stereocenters. The first kappa shape index (κ1) is 23.4. The fraction of sp³-hybridized carbons (Fsp3) is 0.950. The first-order chi connectivity index (χ1) is 11.2. The molecule has 0 spiro atoms. The molecule has 4 heteroatoms. The molecule has 0 aromatic rings. The molecule has 144 valence electrons. The molecule has 0 aliphatic carbocycles. The number of nitrogens with zero attached hydrogens (tertiary/aromatic N) is 1. The van der Waals surface area contributed by atoms with Gasteiger partial charge in [0.15, 0.2) is 5.72 Å². The molecular formula is C20H41NO3. The van der Waals surface area contributed by atoms with Crippen LogP contribution in [0.15, 0.2) is 0 Å². The Morgan fingerprint density at radius 3 is 1.92 bits per heavy atom. The van der Waals surface area contributed by atoms with Gasteiger partial charge in [-0.05, 0) is 27.4 Å². The number of hydrogen-bond donors (Lipinski definition) is 1. The van der Waals surface area contributed by atoms with Crippen LogP contribution in [0.5, 0.6) is 0 Å². The van der Waals surface area contributed by atoms with Crippen LogP contribution in [0.1, 0.15) is 86.0 Å². The van der Waals surface area contributed by atoms with E-state index in [4.69, 9.17) is 4.74 Å². The zero-order chi connectivity index (χ0) is 18.8. The van der Waals surface area contributed by atoms with Crippen LogP contribution in [0.2, 0.25) is 0 Å². The number of likely N-dealkylation sites (N-methyl/N-ethyl adjacent to an activating group) is 1. The molecule has 4 nitrogen and oxygen atoms in total. The summed E-state index contributed by atoms with van der Waals surface area (Å²) in [7, 11) is 3.70. The van der Waals surface area contributed by atoms with E-state index in [9.17, 15) is 9.90 Å². The average Bonchev–Trinajstić information content (AvgIpc) is 2.50. The zero-order valence-corrected chi connectivity index (χ0v) is 17.1. The predicted molar refractivity (Wildman–Crippen MR) is 101 cm³/mol. The number of aliphatic hydroxyl groups excluding tert-OH is 1. The lowest BCUT2D eigenvalue weighted by Crippen LogP contribution is -2.59. The van der Waals surface area contributed by atoms with E-state index in [0.717, 1.165) is 12.8 Å². The zero-order valence-electron chi connectivity index (χ0n) is 17.1. The van der Waals surface area contributed by atoms with Crippen molar-refractivity contribution in [2.24, 2.45) is 11.8 Å². The second-order valence-electron chi connectivity index (χ2n) is 7.71. The molecule has 0 saturated carbocycles. The minimum absolute atomic E-state index is 0.00205. The van der Waals surface area contributed by atoms with Gasteiger partial charge in [-0.2, -0.15) is 0 Å². The van der Waals surface area contributed by atoms with Crippen molar-refractivity contribution in [1.29, 1.82) is 0 Å². The lowest BCUT2D eigenvalue weighted by Gasteiger charge is -2.44. The number of carbonyl (C=O) groups excluding carboxylic acids is 1. The molecule has 3 unspecified atom stereocenters. The van der Waals surface area contributed by atoms with Gasteiger partial charge in [-0.25, -0.2) is 0 Å². The number of rotatable bonds is 13. The highest BCUT2D eigenvalue weighted by atomic mass is 16.6. The first-order valence-corrected chi connectivity index (χ1v) is 9.78. The minimum Gasteiger partial charge on any atom is -0.440 e. The van der Waals surface area contributed by atoms with Crippen molar-refractivity contribution in [3.63, 3.8) is 0 Å². The Kier molecular flexibility index (Phi) is 11.6. The summed E-state index contributed by atoms with van der Waals surface area (Å²) in [6.45, 7) is 9.80. The summed E-state index contributed by atoms with van der Waals surface area (Å²) in [5.41, 5.74) is -0.967. The van der Waals surface area contributed by atoms with Crippen molar-refractivity contribution in [3.05, 3.63) is 0 Å². The van der Waals surface area contributed by atoms with E-state index < -0.39 is 11.8 Å². The van der Waals surface area contributed by atoms with Gasteiger partial charge < -0.3 is 9.84 Å². The SMILES string of the molecule is CCCCCCCCCC(C)C(=O)OC(C(C)C)(C(C)O)N(C)C. The summed E-state index contributed by atoms with van der Waals surface area (Å²) in [4.78, 5) is 14.3. The second kappa shape index (κ2) is 11.9. The van der Waals surface area contributed by atoms with E-state index in [2.05, 4.69) is 6.92 Å². The Morgan fingerprint density at radius 1 is 1.00 bits per heavy atom. The molecule has 0 aromatic heterocycles. The van der Waals surface area contributed by atoms with Crippen molar-refractivity contribution in [1.82, 2.24) is 4.90 Å². The van der Waals surface area contributed by atoms with Crippen LogP contribution in [0.25, 0.3) is 0 Å². The third kappa shape index (κ3) is 7.10. The Bertz CT molecular complexity index is 318. The van der Waals surface area contributed by atoms with Gasteiger partial charge in [-0.1, -0.05) is 72.6 Å². The van der Waals surface area contributed by atoms with Crippen molar-refractivity contribution in [2.45, 2.75) is 97.8 Å². The first-order valence-electron chi connectivity index (χ1n) is 9.78. The Morgan fingerprint density at radius 2 is 1.50 bits per heavy atom. The van der Waals surface area contributed by atoms with E-state index in [-0.39, 0.29) is 17.8 Å². The van der Waals surface area contributed by atoms with E-state index in [0.29, 0.717) is 0 Å². The van der Waals surface area contributed by atoms with Crippen molar-refractivity contribution in [3.8, 4) is 0 Å². The number of unbranched alkanes of at least 4 members (excludes halogenated alkanes) is 6. The summed E-state index contributed by atoms with van der Waals surface area (Å²) in [5.74, 6) is -0.330. The van der Waals surface area contributed by atoms with Gasteiger partial charge in [-0.3, -0.25) is 9.69 Å².